The van der Waals surface area contributed by atoms with Crippen molar-refractivity contribution in [1.29, 1.82) is 0 Å². The largest absolute Gasteiger partial charge is 0.383 e. The zero-order valence-corrected chi connectivity index (χ0v) is 12.1. The van der Waals surface area contributed by atoms with E-state index >= 15 is 0 Å². The second-order valence-electron chi connectivity index (χ2n) is 4.30. The molecule has 1 aliphatic rings. The molecule has 1 fully saturated rings. The minimum atomic E-state index is -0.195. The van der Waals surface area contributed by atoms with Crippen molar-refractivity contribution in [3.8, 4) is 0 Å². The van der Waals surface area contributed by atoms with Crippen LogP contribution in [-0.4, -0.2) is 55.2 Å². The Labute approximate surface area is 120 Å². The second kappa shape index (κ2) is 6.83. The number of hydrogen-bond donors (Lipinski definition) is 2. The van der Waals surface area contributed by atoms with Crippen LogP contribution in [0.15, 0.2) is 16.7 Å². The Kier molecular flexibility index (Phi) is 5.12. The number of nitrogen functional groups attached to an aromatic ring is 1. The highest BCUT2D eigenvalue weighted by Crippen LogP contribution is 2.15. The number of hydrogen-bond acceptors (Lipinski definition) is 5. The molecular formula is C12H17BrN4O2. The van der Waals surface area contributed by atoms with E-state index in [1.54, 1.807) is 12.3 Å². The topological polar surface area (TPSA) is 80.5 Å². The normalized spacial score (nSPS) is 16.3. The lowest BCUT2D eigenvalue weighted by molar-refractivity contribution is 0.0383. The fraction of sp³-hybridized carbons (Fsp3) is 0.500. The fourth-order valence-corrected chi connectivity index (χ4v) is 2.21. The van der Waals surface area contributed by atoms with Gasteiger partial charge in [-0.1, -0.05) is 0 Å². The summed E-state index contributed by atoms with van der Waals surface area (Å²) < 4.78 is 6.00. The maximum Gasteiger partial charge on any atom is 0.255 e. The van der Waals surface area contributed by atoms with Crippen molar-refractivity contribution in [2.24, 2.45) is 0 Å². The highest BCUT2D eigenvalue weighted by atomic mass is 79.9. The Hall–Kier alpha value is -1.18. The number of rotatable bonds is 4. The molecule has 2 rings (SSSR count). The molecule has 0 atom stereocenters. The second-order valence-corrected chi connectivity index (χ2v) is 5.21. The van der Waals surface area contributed by atoms with E-state index in [-0.39, 0.29) is 11.7 Å². The lowest BCUT2D eigenvalue weighted by Gasteiger charge is -2.26. The number of nitrogens with one attached hydrogen (secondary N) is 1. The summed E-state index contributed by atoms with van der Waals surface area (Å²) in [5.41, 5.74) is 6.08. The first-order chi connectivity index (χ1) is 9.16. The third kappa shape index (κ3) is 4.15. The maximum atomic E-state index is 12.0. The first kappa shape index (κ1) is 14.2. The van der Waals surface area contributed by atoms with Gasteiger partial charge in [-0.05, 0) is 22.0 Å². The first-order valence-corrected chi connectivity index (χ1v) is 6.95. The smallest absolute Gasteiger partial charge is 0.255 e. The van der Waals surface area contributed by atoms with Crippen LogP contribution < -0.4 is 11.1 Å². The van der Waals surface area contributed by atoms with Gasteiger partial charge in [-0.3, -0.25) is 9.69 Å². The number of anilines is 1. The molecule has 0 bridgehead atoms. The van der Waals surface area contributed by atoms with Crippen LogP contribution >= 0.6 is 15.9 Å². The summed E-state index contributed by atoms with van der Waals surface area (Å²) in [5, 5.41) is 2.85. The molecule has 0 aromatic carbocycles. The molecular weight excluding hydrogens is 312 g/mol. The maximum absolute atomic E-state index is 12.0. The number of morpholine rings is 1. The van der Waals surface area contributed by atoms with E-state index in [0.717, 1.165) is 37.3 Å². The summed E-state index contributed by atoms with van der Waals surface area (Å²) in [5.74, 6) is 0.0478. The van der Waals surface area contributed by atoms with Crippen molar-refractivity contribution in [2.75, 3.05) is 45.1 Å². The van der Waals surface area contributed by atoms with E-state index in [4.69, 9.17) is 10.5 Å². The number of nitrogens with zero attached hydrogens (tertiary/aromatic N) is 2. The highest BCUT2D eigenvalue weighted by molar-refractivity contribution is 9.10. The molecule has 2 heterocycles. The van der Waals surface area contributed by atoms with Gasteiger partial charge in [-0.2, -0.15) is 0 Å². The number of pyridine rings is 1. The Morgan fingerprint density at radius 3 is 3.00 bits per heavy atom. The summed E-state index contributed by atoms with van der Waals surface area (Å²) in [6.45, 7) is 4.75. The molecule has 6 nitrogen and oxygen atoms in total. The van der Waals surface area contributed by atoms with Crippen molar-refractivity contribution in [2.45, 2.75) is 0 Å². The number of aromatic nitrogens is 1. The lowest BCUT2D eigenvalue weighted by Crippen LogP contribution is -2.41. The average molecular weight is 329 g/mol. The summed E-state index contributed by atoms with van der Waals surface area (Å²) in [6, 6.07) is 1.67. The van der Waals surface area contributed by atoms with Crippen molar-refractivity contribution < 1.29 is 9.53 Å². The Bertz CT molecular complexity index is 449. The average Bonchev–Trinajstić information content (AvgIpc) is 2.42. The molecule has 1 aliphatic heterocycles. The number of halogens is 1. The van der Waals surface area contributed by atoms with Crippen molar-refractivity contribution in [3.63, 3.8) is 0 Å². The highest BCUT2D eigenvalue weighted by Gasteiger charge is 2.13. The first-order valence-electron chi connectivity index (χ1n) is 6.16. The van der Waals surface area contributed by atoms with Gasteiger partial charge in [0.15, 0.2) is 0 Å². The Balaban J connectivity index is 1.82. The molecule has 19 heavy (non-hydrogen) atoms. The zero-order chi connectivity index (χ0) is 13.7. The van der Waals surface area contributed by atoms with E-state index in [2.05, 4.69) is 31.1 Å². The third-order valence-corrected chi connectivity index (χ3v) is 3.38. The number of nitrogens with two attached hydrogens (primary N) is 1. The predicted molar refractivity (Wildman–Crippen MR) is 75.9 cm³/mol. The molecule has 0 saturated carbocycles. The SMILES string of the molecule is Nc1ncc(Br)cc1C(=O)NCCN1CCOCC1. The van der Waals surface area contributed by atoms with Crippen LogP contribution in [0.25, 0.3) is 0 Å². The van der Waals surface area contributed by atoms with Gasteiger partial charge in [0, 0.05) is 36.8 Å². The fourth-order valence-electron chi connectivity index (χ4n) is 1.88. The number of carbonyl (C=O) groups excluding carboxylic acids is 1. The van der Waals surface area contributed by atoms with Gasteiger partial charge in [-0.15, -0.1) is 0 Å². The molecule has 104 valence electrons. The standard InChI is InChI=1S/C12H17BrN4O2/c13-9-7-10(11(14)16-8-9)12(18)15-1-2-17-3-5-19-6-4-17/h7-8H,1-6H2,(H2,14,16)(H,15,18). The number of carbonyl (C=O) groups is 1. The van der Waals surface area contributed by atoms with Crippen LogP contribution in [0.5, 0.6) is 0 Å². The summed E-state index contributed by atoms with van der Waals surface area (Å²) in [7, 11) is 0. The van der Waals surface area contributed by atoms with Gasteiger partial charge in [0.2, 0.25) is 0 Å². The van der Waals surface area contributed by atoms with Gasteiger partial charge >= 0.3 is 0 Å². The van der Waals surface area contributed by atoms with Crippen molar-refractivity contribution in [1.82, 2.24) is 15.2 Å². The molecule has 0 unspecified atom stereocenters. The Morgan fingerprint density at radius 1 is 1.53 bits per heavy atom. The van der Waals surface area contributed by atoms with E-state index in [1.807, 2.05) is 0 Å². The van der Waals surface area contributed by atoms with Crippen molar-refractivity contribution in [3.05, 3.63) is 22.3 Å². The van der Waals surface area contributed by atoms with E-state index in [1.165, 1.54) is 0 Å². The number of ether oxygens (including phenoxy) is 1. The molecule has 1 aromatic rings. The van der Waals surface area contributed by atoms with Gasteiger partial charge in [0.25, 0.3) is 5.91 Å². The summed E-state index contributed by atoms with van der Waals surface area (Å²) in [4.78, 5) is 18.2. The van der Waals surface area contributed by atoms with Crippen LogP contribution in [0.4, 0.5) is 5.82 Å². The number of amides is 1. The molecule has 1 aromatic heterocycles. The molecule has 1 amide bonds. The van der Waals surface area contributed by atoms with E-state index < -0.39 is 0 Å². The van der Waals surface area contributed by atoms with Crippen LogP contribution in [0.2, 0.25) is 0 Å². The summed E-state index contributed by atoms with van der Waals surface area (Å²) in [6.07, 6.45) is 1.57. The molecule has 3 N–H and O–H groups in total. The molecule has 0 radical (unpaired) electrons. The van der Waals surface area contributed by atoms with Gasteiger partial charge in [-0.25, -0.2) is 4.98 Å². The minimum Gasteiger partial charge on any atom is -0.383 e. The summed E-state index contributed by atoms with van der Waals surface area (Å²) >= 11 is 3.28. The van der Waals surface area contributed by atoms with Crippen LogP contribution in [-0.2, 0) is 4.74 Å². The third-order valence-electron chi connectivity index (χ3n) is 2.95. The monoisotopic (exact) mass is 328 g/mol. The zero-order valence-electron chi connectivity index (χ0n) is 10.6. The molecule has 0 aliphatic carbocycles. The quantitative estimate of drug-likeness (QED) is 0.840. The van der Waals surface area contributed by atoms with Crippen LogP contribution in [0.1, 0.15) is 10.4 Å². The molecule has 1 saturated heterocycles. The predicted octanol–water partition coefficient (Wildman–Crippen LogP) is 0.488. The Morgan fingerprint density at radius 2 is 2.26 bits per heavy atom. The van der Waals surface area contributed by atoms with Gasteiger partial charge in [0.05, 0.1) is 18.8 Å². The van der Waals surface area contributed by atoms with Gasteiger partial charge < -0.3 is 15.8 Å². The van der Waals surface area contributed by atoms with Crippen LogP contribution in [0.3, 0.4) is 0 Å². The molecule has 0 spiro atoms. The molecule has 7 heteroatoms. The minimum absolute atomic E-state index is 0.195. The van der Waals surface area contributed by atoms with Crippen LogP contribution in [0, 0.1) is 0 Å². The van der Waals surface area contributed by atoms with Gasteiger partial charge in [0.1, 0.15) is 5.82 Å². The van der Waals surface area contributed by atoms with E-state index in [9.17, 15) is 4.79 Å². The van der Waals surface area contributed by atoms with E-state index in [0.29, 0.717) is 12.1 Å². The van der Waals surface area contributed by atoms with Crippen molar-refractivity contribution >= 4 is 27.7 Å². The lowest BCUT2D eigenvalue weighted by atomic mass is 10.2.